The lowest BCUT2D eigenvalue weighted by molar-refractivity contribution is 0.104. The second-order valence-electron chi connectivity index (χ2n) is 3.23. The van der Waals surface area contributed by atoms with Crippen molar-refractivity contribution in [3.8, 4) is 5.75 Å². The number of benzene rings is 1. The zero-order valence-electron chi connectivity index (χ0n) is 8.76. The lowest BCUT2D eigenvalue weighted by Crippen LogP contribution is -2.01. The first kappa shape index (κ1) is 10.5. The van der Waals surface area contributed by atoms with Gasteiger partial charge in [-0.25, -0.2) is 0 Å². The van der Waals surface area contributed by atoms with Crippen molar-refractivity contribution in [2.75, 3.05) is 7.11 Å². The van der Waals surface area contributed by atoms with E-state index in [4.69, 9.17) is 4.74 Å². The number of hydrogen-bond donors (Lipinski definition) is 0. The second kappa shape index (κ2) is 4.09. The number of allylic oxidation sites excluding steroid dienone is 1. The fraction of sp³-hybridized carbons (Fsp3) is 0.250. The highest BCUT2D eigenvalue weighted by atomic mass is 16.5. The molecule has 0 N–H and O–H groups in total. The van der Waals surface area contributed by atoms with Gasteiger partial charge in [0.1, 0.15) is 5.75 Å². The quantitative estimate of drug-likeness (QED) is 0.541. The highest BCUT2D eigenvalue weighted by Gasteiger charge is 2.11. The van der Waals surface area contributed by atoms with Crippen molar-refractivity contribution in [1.82, 2.24) is 0 Å². The van der Waals surface area contributed by atoms with Crippen LogP contribution in [0.3, 0.4) is 0 Å². The van der Waals surface area contributed by atoms with Crippen molar-refractivity contribution in [2.45, 2.75) is 13.8 Å². The van der Waals surface area contributed by atoms with Gasteiger partial charge in [-0.1, -0.05) is 12.6 Å². The van der Waals surface area contributed by atoms with Crippen LogP contribution < -0.4 is 4.74 Å². The average molecular weight is 190 g/mol. The molecule has 1 aromatic rings. The maximum absolute atomic E-state index is 11.5. The van der Waals surface area contributed by atoms with Crippen LogP contribution in [0.15, 0.2) is 24.8 Å². The summed E-state index contributed by atoms with van der Waals surface area (Å²) in [5, 5.41) is 0. The van der Waals surface area contributed by atoms with Crippen LogP contribution in [0.4, 0.5) is 0 Å². The monoisotopic (exact) mass is 190 g/mol. The number of rotatable bonds is 3. The third kappa shape index (κ3) is 1.84. The summed E-state index contributed by atoms with van der Waals surface area (Å²) in [4.78, 5) is 11.5. The zero-order chi connectivity index (χ0) is 10.7. The number of methoxy groups -OCH3 is 1. The summed E-state index contributed by atoms with van der Waals surface area (Å²) in [5.74, 6) is 0.536. The fourth-order valence-electron chi connectivity index (χ4n) is 1.52. The van der Waals surface area contributed by atoms with Crippen LogP contribution in [0, 0.1) is 13.8 Å². The standard InChI is InChI=1S/C12H14O2/c1-5-11(13)10-7-8(2)6-9(3)12(10)14-4/h5-7H,1H2,2-4H3. The van der Waals surface area contributed by atoms with Crippen molar-refractivity contribution in [3.05, 3.63) is 41.5 Å². The predicted octanol–water partition coefficient (Wildman–Crippen LogP) is 2.68. The number of carbonyl (C=O) groups excluding carboxylic acids is 1. The molecule has 2 nitrogen and oxygen atoms in total. The van der Waals surface area contributed by atoms with Gasteiger partial charge < -0.3 is 4.74 Å². The molecule has 0 radical (unpaired) electrons. The molecule has 0 unspecified atom stereocenters. The number of aryl methyl sites for hydroxylation is 2. The Labute approximate surface area is 84.2 Å². The Hall–Kier alpha value is -1.57. The van der Waals surface area contributed by atoms with Gasteiger partial charge in [0, 0.05) is 0 Å². The fourth-order valence-corrected chi connectivity index (χ4v) is 1.52. The summed E-state index contributed by atoms with van der Waals surface area (Å²) in [6.45, 7) is 7.34. The molecule has 0 spiro atoms. The molecular weight excluding hydrogens is 176 g/mol. The molecule has 74 valence electrons. The molecule has 14 heavy (non-hydrogen) atoms. The Morgan fingerprint density at radius 3 is 2.57 bits per heavy atom. The largest absolute Gasteiger partial charge is 0.496 e. The average Bonchev–Trinajstić information content (AvgIpc) is 2.15. The number of ketones is 1. The molecule has 0 saturated carbocycles. The highest BCUT2D eigenvalue weighted by molar-refractivity contribution is 6.06. The maximum Gasteiger partial charge on any atom is 0.188 e. The molecule has 0 aliphatic heterocycles. The number of ether oxygens (including phenoxy) is 1. The van der Waals surface area contributed by atoms with Gasteiger partial charge in [-0.15, -0.1) is 0 Å². The van der Waals surface area contributed by atoms with E-state index in [2.05, 4.69) is 6.58 Å². The van der Waals surface area contributed by atoms with Crippen molar-refractivity contribution >= 4 is 5.78 Å². The van der Waals surface area contributed by atoms with Crippen LogP contribution in [0.5, 0.6) is 5.75 Å². The Morgan fingerprint density at radius 1 is 1.43 bits per heavy atom. The van der Waals surface area contributed by atoms with Gasteiger partial charge in [0.05, 0.1) is 12.7 Å². The van der Waals surface area contributed by atoms with Gasteiger partial charge in [0.2, 0.25) is 0 Å². The first-order valence-electron chi connectivity index (χ1n) is 4.42. The van der Waals surface area contributed by atoms with Crippen LogP contribution in [-0.4, -0.2) is 12.9 Å². The van der Waals surface area contributed by atoms with E-state index in [1.54, 1.807) is 7.11 Å². The van der Waals surface area contributed by atoms with Crippen LogP contribution >= 0.6 is 0 Å². The van der Waals surface area contributed by atoms with Crippen LogP contribution in [0.2, 0.25) is 0 Å². The lowest BCUT2D eigenvalue weighted by Gasteiger charge is -2.10. The van der Waals surface area contributed by atoms with E-state index in [-0.39, 0.29) is 5.78 Å². The molecule has 0 aromatic heterocycles. The molecule has 1 rings (SSSR count). The van der Waals surface area contributed by atoms with Gasteiger partial charge in [0.25, 0.3) is 0 Å². The minimum absolute atomic E-state index is 0.103. The Bertz CT molecular complexity index is 378. The molecule has 0 heterocycles. The Kier molecular flexibility index (Phi) is 3.07. The minimum Gasteiger partial charge on any atom is -0.496 e. The third-order valence-corrected chi connectivity index (χ3v) is 2.07. The van der Waals surface area contributed by atoms with E-state index < -0.39 is 0 Å². The molecule has 1 aromatic carbocycles. The van der Waals surface area contributed by atoms with Gasteiger partial charge >= 0.3 is 0 Å². The first-order chi connectivity index (χ1) is 6.60. The molecule has 0 atom stereocenters. The molecule has 0 fully saturated rings. The topological polar surface area (TPSA) is 26.3 Å². The van der Waals surface area contributed by atoms with Gasteiger partial charge in [0.15, 0.2) is 5.78 Å². The predicted molar refractivity (Wildman–Crippen MR) is 57.0 cm³/mol. The second-order valence-corrected chi connectivity index (χ2v) is 3.23. The van der Waals surface area contributed by atoms with Crippen molar-refractivity contribution in [1.29, 1.82) is 0 Å². The molecule has 0 aliphatic carbocycles. The summed E-state index contributed by atoms with van der Waals surface area (Å²) in [5.41, 5.74) is 2.60. The SMILES string of the molecule is C=CC(=O)c1cc(C)cc(C)c1OC. The van der Waals surface area contributed by atoms with Crippen LogP contribution in [0.25, 0.3) is 0 Å². The van der Waals surface area contributed by atoms with E-state index in [0.717, 1.165) is 11.1 Å². The van der Waals surface area contributed by atoms with Gasteiger partial charge in [-0.05, 0) is 37.1 Å². The molecule has 0 amide bonds. The molecule has 0 bridgehead atoms. The molecule has 0 saturated heterocycles. The number of hydrogen-bond acceptors (Lipinski definition) is 2. The summed E-state index contributed by atoms with van der Waals surface area (Å²) in [6.07, 6.45) is 1.30. The first-order valence-corrected chi connectivity index (χ1v) is 4.42. The summed E-state index contributed by atoms with van der Waals surface area (Å²) in [7, 11) is 1.57. The van der Waals surface area contributed by atoms with Crippen LogP contribution in [0.1, 0.15) is 21.5 Å². The van der Waals surface area contributed by atoms with Crippen molar-refractivity contribution < 1.29 is 9.53 Å². The third-order valence-electron chi connectivity index (χ3n) is 2.07. The molecule has 2 heteroatoms. The van der Waals surface area contributed by atoms with E-state index in [1.165, 1.54) is 6.08 Å². The van der Waals surface area contributed by atoms with E-state index in [9.17, 15) is 4.79 Å². The highest BCUT2D eigenvalue weighted by Crippen LogP contribution is 2.25. The maximum atomic E-state index is 11.5. The Balaban J connectivity index is 3.39. The van der Waals surface area contributed by atoms with Crippen molar-refractivity contribution in [3.63, 3.8) is 0 Å². The smallest absolute Gasteiger partial charge is 0.188 e. The zero-order valence-corrected chi connectivity index (χ0v) is 8.76. The number of carbonyl (C=O) groups is 1. The lowest BCUT2D eigenvalue weighted by atomic mass is 10.0. The van der Waals surface area contributed by atoms with E-state index in [0.29, 0.717) is 11.3 Å². The summed E-state index contributed by atoms with van der Waals surface area (Å²) >= 11 is 0. The van der Waals surface area contributed by atoms with E-state index >= 15 is 0 Å². The summed E-state index contributed by atoms with van der Waals surface area (Å²) in [6, 6.07) is 3.80. The van der Waals surface area contributed by atoms with Gasteiger partial charge in [-0.3, -0.25) is 4.79 Å². The summed E-state index contributed by atoms with van der Waals surface area (Å²) < 4.78 is 5.19. The minimum atomic E-state index is -0.103. The van der Waals surface area contributed by atoms with Gasteiger partial charge in [-0.2, -0.15) is 0 Å². The molecule has 0 aliphatic rings. The normalized spacial score (nSPS) is 9.64. The Morgan fingerprint density at radius 2 is 2.07 bits per heavy atom. The van der Waals surface area contributed by atoms with Crippen molar-refractivity contribution in [2.24, 2.45) is 0 Å². The van der Waals surface area contributed by atoms with E-state index in [1.807, 2.05) is 26.0 Å². The van der Waals surface area contributed by atoms with Crippen LogP contribution in [-0.2, 0) is 0 Å². The molecular formula is C12H14O2.